The van der Waals surface area contributed by atoms with E-state index in [1.54, 1.807) is 0 Å². The van der Waals surface area contributed by atoms with Crippen LogP contribution in [0.4, 0.5) is 0 Å². The van der Waals surface area contributed by atoms with Crippen LogP contribution in [0.15, 0.2) is 18.3 Å². The smallest absolute Gasteiger partial charge is 0.0597 e. The standard InChI is InChI=1S/C12H19N5/c1-4-17-12(7-10(2)15-17)9-13-8-11-5-6-14-16(11)3/h5-7,13H,4,8-9H2,1-3H3. The number of rotatable bonds is 5. The zero-order valence-corrected chi connectivity index (χ0v) is 10.6. The van der Waals surface area contributed by atoms with E-state index >= 15 is 0 Å². The first-order valence-corrected chi connectivity index (χ1v) is 5.91. The van der Waals surface area contributed by atoms with Gasteiger partial charge >= 0.3 is 0 Å². The van der Waals surface area contributed by atoms with E-state index in [0.29, 0.717) is 0 Å². The SMILES string of the molecule is CCn1nc(C)cc1CNCc1ccnn1C. The second-order valence-electron chi connectivity index (χ2n) is 4.14. The van der Waals surface area contributed by atoms with Crippen molar-refractivity contribution in [2.45, 2.75) is 33.5 Å². The third-order valence-electron chi connectivity index (χ3n) is 2.82. The predicted octanol–water partition coefficient (Wildman–Crippen LogP) is 1.23. The zero-order valence-electron chi connectivity index (χ0n) is 10.6. The Balaban J connectivity index is 1.92. The number of hydrogen-bond donors (Lipinski definition) is 1. The molecule has 0 aliphatic rings. The van der Waals surface area contributed by atoms with Crippen molar-refractivity contribution < 1.29 is 0 Å². The normalized spacial score (nSPS) is 11.0. The van der Waals surface area contributed by atoms with Gasteiger partial charge < -0.3 is 5.32 Å². The summed E-state index contributed by atoms with van der Waals surface area (Å²) in [7, 11) is 1.96. The molecule has 0 amide bonds. The van der Waals surface area contributed by atoms with E-state index in [0.717, 1.165) is 25.3 Å². The van der Waals surface area contributed by atoms with Gasteiger partial charge in [0.15, 0.2) is 0 Å². The molecule has 0 bridgehead atoms. The molecular weight excluding hydrogens is 214 g/mol. The molecule has 0 saturated carbocycles. The lowest BCUT2D eigenvalue weighted by Crippen LogP contribution is -2.17. The second-order valence-corrected chi connectivity index (χ2v) is 4.14. The molecule has 0 spiro atoms. The van der Waals surface area contributed by atoms with E-state index in [9.17, 15) is 0 Å². The maximum atomic E-state index is 4.42. The largest absolute Gasteiger partial charge is 0.306 e. The summed E-state index contributed by atoms with van der Waals surface area (Å²) in [6, 6.07) is 4.15. The number of aryl methyl sites for hydroxylation is 3. The quantitative estimate of drug-likeness (QED) is 0.845. The molecule has 5 nitrogen and oxygen atoms in total. The van der Waals surface area contributed by atoms with Crippen molar-refractivity contribution in [1.82, 2.24) is 24.9 Å². The van der Waals surface area contributed by atoms with E-state index in [-0.39, 0.29) is 0 Å². The number of nitrogens with zero attached hydrogens (tertiary/aromatic N) is 4. The fourth-order valence-electron chi connectivity index (χ4n) is 1.91. The van der Waals surface area contributed by atoms with Gasteiger partial charge in [-0.15, -0.1) is 0 Å². The van der Waals surface area contributed by atoms with Crippen molar-refractivity contribution in [2.24, 2.45) is 7.05 Å². The molecule has 2 aromatic heterocycles. The molecule has 17 heavy (non-hydrogen) atoms. The molecule has 0 aliphatic heterocycles. The highest BCUT2D eigenvalue weighted by Gasteiger charge is 2.04. The minimum atomic E-state index is 0.824. The molecule has 0 atom stereocenters. The van der Waals surface area contributed by atoms with Gasteiger partial charge in [-0.25, -0.2) is 0 Å². The maximum Gasteiger partial charge on any atom is 0.0597 e. The molecule has 0 fully saturated rings. The van der Waals surface area contributed by atoms with Crippen molar-refractivity contribution in [1.29, 1.82) is 0 Å². The van der Waals surface area contributed by atoms with E-state index in [4.69, 9.17) is 0 Å². The Hall–Kier alpha value is -1.62. The van der Waals surface area contributed by atoms with Gasteiger partial charge in [0, 0.05) is 32.9 Å². The van der Waals surface area contributed by atoms with Crippen LogP contribution in [0.3, 0.4) is 0 Å². The average molecular weight is 233 g/mol. The molecule has 2 heterocycles. The van der Waals surface area contributed by atoms with E-state index in [1.165, 1.54) is 11.4 Å². The molecule has 0 radical (unpaired) electrons. The van der Waals surface area contributed by atoms with Gasteiger partial charge in [0.25, 0.3) is 0 Å². The second kappa shape index (κ2) is 5.14. The lowest BCUT2D eigenvalue weighted by Gasteiger charge is -2.06. The summed E-state index contributed by atoms with van der Waals surface area (Å²) in [6.07, 6.45) is 1.82. The topological polar surface area (TPSA) is 47.7 Å². The van der Waals surface area contributed by atoms with Crippen LogP contribution in [0, 0.1) is 6.92 Å². The van der Waals surface area contributed by atoms with Crippen molar-refractivity contribution in [3.05, 3.63) is 35.4 Å². The number of hydrogen-bond acceptors (Lipinski definition) is 3. The Kier molecular flexibility index (Phi) is 3.58. The Bertz CT molecular complexity index is 483. The fraction of sp³-hybridized carbons (Fsp3) is 0.500. The molecule has 0 aliphatic carbocycles. The lowest BCUT2D eigenvalue weighted by atomic mass is 10.3. The highest BCUT2D eigenvalue weighted by molar-refractivity contribution is 5.09. The van der Waals surface area contributed by atoms with Crippen LogP contribution in [-0.2, 0) is 26.7 Å². The molecule has 2 rings (SSSR count). The van der Waals surface area contributed by atoms with Crippen LogP contribution >= 0.6 is 0 Å². The molecule has 5 heteroatoms. The van der Waals surface area contributed by atoms with Crippen molar-refractivity contribution >= 4 is 0 Å². The highest BCUT2D eigenvalue weighted by Crippen LogP contribution is 2.04. The third kappa shape index (κ3) is 2.74. The summed E-state index contributed by atoms with van der Waals surface area (Å²) in [6.45, 7) is 6.70. The first-order valence-electron chi connectivity index (χ1n) is 5.91. The Labute approximate surface area is 101 Å². The summed E-state index contributed by atoms with van der Waals surface area (Å²) in [5.74, 6) is 0. The van der Waals surface area contributed by atoms with Gasteiger partial charge in [0.2, 0.25) is 0 Å². The van der Waals surface area contributed by atoms with Crippen molar-refractivity contribution in [3.8, 4) is 0 Å². The van der Waals surface area contributed by atoms with E-state index in [1.807, 2.05) is 35.6 Å². The summed E-state index contributed by atoms with van der Waals surface area (Å²) >= 11 is 0. The van der Waals surface area contributed by atoms with Crippen LogP contribution in [-0.4, -0.2) is 19.6 Å². The average Bonchev–Trinajstić information content (AvgIpc) is 2.86. The van der Waals surface area contributed by atoms with Gasteiger partial charge in [-0.3, -0.25) is 9.36 Å². The summed E-state index contributed by atoms with van der Waals surface area (Å²) < 4.78 is 3.92. The maximum absolute atomic E-state index is 4.42. The molecule has 1 N–H and O–H groups in total. The molecule has 0 unspecified atom stereocenters. The summed E-state index contributed by atoms with van der Waals surface area (Å²) in [5, 5.41) is 12.0. The van der Waals surface area contributed by atoms with Gasteiger partial charge in [0.1, 0.15) is 0 Å². The molecule has 0 saturated heterocycles. The monoisotopic (exact) mass is 233 g/mol. The molecular formula is C12H19N5. The summed E-state index contributed by atoms with van der Waals surface area (Å²) in [5.41, 5.74) is 3.49. The third-order valence-corrected chi connectivity index (χ3v) is 2.82. The van der Waals surface area contributed by atoms with Crippen LogP contribution < -0.4 is 5.32 Å². The predicted molar refractivity (Wildman–Crippen MR) is 66.4 cm³/mol. The van der Waals surface area contributed by atoms with Gasteiger partial charge in [0.05, 0.1) is 17.1 Å². The van der Waals surface area contributed by atoms with E-state index < -0.39 is 0 Å². The van der Waals surface area contributed by atoms with Crippen molar-refractivity contribution in [3.63, 3.8) is 0 Å². The van der Waals surface area contributed by atoms with Crippen LogP contribution in [0.1, 0.15) is 24.0 Å². The zero-order chi connectivity index (χ0) is 12.3. The van der Waals surface area contributed by atoms with E-state index in [2.05, 4.69) is 28.5 Å². The first kappa shape index (κ1) is 11.9. The van der Waals surface area contributed by atoms with Crippen LogP contribution in [0.25, 0.3) is 0 Å². The highest BCUT2D eigenvalue weighted by atomic mass is 15.3. The first-order chi connectivity index (χ1) is 8.20. The van der Waals surface area contributed by atoms with Gasteiger partial charge in [-0.2, -0.15) is 10.2 Å². The van der Waals surface area contributed by atoms with Gasteiger partial charge in [-0.05, 0) is 26.0 Å². The van der Waals surface area contributed by atoms with Crippen LogP contribution in [0.2, 0.25) is 0 Å². The minimum absolute atomic E-state index is 0.824. The van der Waals surface area contributed by atoms with Crippen molar-refractivity contribution in [2.75, 3.05) is 0 Å². The van der Waals surface area contributed by atoms with Gasteiger partial charge in [-0.1, -0.05) is 0 Å². The minimum Gasteiger partial charge on any atom is -0.306 e. The van der Waals surface area contributed by atoms with Crippen LogP contribution in [0.5, 0.6) is 0 Å². The summed E-state index contributed by atoms with van der Waals surface area (Å²) in [4.78, 5) is 0. The molecule has 0 aromatic carbocycles. The number of nitrogens with one attached hydrogen (secondary N) is 1. The Morgan fingerprint density at radius 1 is 1.29 bits per heavy atom. The Morgan fingerprint density at radius 2 is 2.06 bits per heavy atom. The molecule has 2 aromatic rings. The Morgan fingerprint density at radius 3 is 2.71 bits per heavy atom. The lowest BCUT2D eigenvalue weighted by molar-refractivity contribution is 0.566. The fourth-order valence-corrected chi connectivity index (χ4v) is 1.91. The molecule has 92 valence electrons. The number of aromatic nitrogens is 4.